The molecule has 0 saturated carbocycles. The van der Waals surface area contributed by atoms with E-state index < -0.39 is 23.8 Å². The van der Waals surface area contributed by atoms with Gasteiger partial charge in [-0.15, -0.1) is 4.91 Å². The van der Waals surface area contributed by atoms with Crippen molar-refractivity contribution >= 4 is 11.8 Å². The number of imidazole rings is 1. The summed E-state index contributed by atoms with van der Waals surface area (Å²) in [5, 5.41) is 2.59. The quantitative estimate of drug-likeness (QED) is 0.623. The van der Waals surface area contributed by atoms with Gasteiger partial charge in [0, 0.05) is 0 Å². The lowest BCUT2D eigenvalue weighted by Gasteiger charge is -2.21. The monoisotopic (exact) mass is 327 g/mol. The number of alkyl halides is 3. The summed E-state index contributed by atoms with van der Waals surface area (Å²) in [6, 6.07) is 3.24. The van der Waals surface area contributed by atoms with E-state index in [9.17, 15) is 22.9 Å². The summed E-state index contributed by atoms with van der Waals surface area (Å²) >= 11 is 0. The molecule has 0 N–H and O–H groups in total. The summed E-state index contributed by atoms with van der Waals surface area (Å²) in [7, 11) is 0. The standard InChI is InChI=1S/C14H12F3N3O3/c1-2-23-13(21)12(20-7-11(19-22)18-8-20)9-5-3-4-6-10(9)14(15,16)17/h3-8,12H,2H2,1H3. The topological polar surface area (TPSA) is 73.6 Å². The fourth-order valence-electron chi connectivity index (χ4n) is 2.14. The summed E-state index contributed by atoms with van der Waals surface area (Å²) < 4.78 is 45.5. The van der Waals surface area contributed by atoms with E-state index in [-0.39, 0.29) is 18.0 Å². The smallest absolute Gasteiger partial charge is 0.416 e. The van der Waals surface area contributed by atoms with Crippen LogP contribution >= 0.6 is 0 Å². The third-order valence-electron chi connectivity index (χ3n) is 3.05. The van der Waals surface area contributed by atoms with Gasteiger partial charge in [0.1, 0.15) is 0 Å². The number of nitrogens with zero attached hydrogens (tertiary/aromatic N) is 3. The lowest BCUT2D eigenvalue weighted by Crippen LogP contribution is -2.25. The number of rotatable bonds is 5. The summed E-state index contributed by atoms with van der Waals surface area (Å²) in [4.78, 5) is 26.3. The molecule has 0 amide bonds. The molecule has 1 aromatic carbocycles. The van der Waals surface area contributed by atoms with Crippen molar-refractivity contribution in [2.24, 2.45) is 5.18 Å². The molecule has 0 aliphatic carbocycles. The van der Waals surface area contributed by atoms with Crippen LogP contribution < -0.4 is 0 Å². The maximum absolute atomic E-state index is 13.2. The molecule has 0 spiro atoms. The molecule has 1 unspecified atom stereocenters. The second-order valence-electron chi connectivity index (χ2n) is 4.51. The predicted octanol–water partition coefficient (Wildman–Crippen LogP) is 3.45. The van der Waals surface area contributed by atoms with E-state index in [4.69, 9.17) is 4.74 Å². The van der Waals surface area contributed by atoms with Crippen LogP contribution in [0.2, 0.25) is 0 Å². The van der Waals surface area contributed by atoms with Gasteiger partial charge in [-0.2, -0.15) is 13.2 Å². The van der Waals surface area contributed by atoms with Crippen molar-refractivity contribution < 1.29 is 22.7 Å². The van der Waals surface area contributed by atoms with Crippen LogP contribution in [-0.2, 0) is 15.7 Å². The fraction of sp³-hybridized carbons (Fsp3) is 0.286. The second-order valence-corrected chi connectivity index (χ2v) is 4.51. The molecule has 0 aliphatic rings. The molecule has 122 valence electrons. The van der Waals surface area contributed by atoms with Gasteiger partial charge >= 0.3 is 12.1 Å². The minimum Gasteiger partial charge on any atom is -0.464 e. The maximum atomic E-state index is 13.2. The Morgan fingerprint density at radius 3 is 2.65 bits per heavy atom. The van der Waals surface area contributed by atoms with E-state index in [1.54, 1.807) is 0 Å². The molecule has 1 heterocycles. The predicted molar refractivity (Wildman–Crippen MR) is 73.9 cm³/mol. The Balaban J connectivity index is 2.59. The molecule has 0 radical (unpaired) electrons. The second kappa shape index (κ2) is 6.59. The van der Waals surface area contributed by atoms with Crippen LogP contribution in [0.1, 0.15) is 24.1 Å². The number of hydrogen-bond donors (Lipinski definition) is 0. The first-order valence-electron chi connectivity index (χ1n) is 6.58. The highest BCUT2D eigenvalue weighted by Gasteiger charge is 2.38. The highest BCUT2D eigenvalue weighted by atomic mass is 19.4. The van der Waals surface area contributed by atoms with Gasteiger partial charge < -0.3 is 9.30 Å². The molecule has 0 aliphatic heterocycles. The Morgan fingerprint density at radius 2 is 2.09 bits per heavy atom. The molecule has 0 bridgehead atoms. The van der Waals surface area contributed by atoms with E-state index in [2.05, 4.69) is 10.2 Å². The number of benzene rings is 1. The first-order valence-corrected chi connectivity index (χ1v) is 6.58. The largest absolute Gasteiger partial charge is 0.464 e. The van der Waals surface area contributed by atoms with Gasteiger partial charge in [0.2, 0.25) is 5.82 Å². The van der Waals surface area contributed by atoms with Crippen molar-refractivity contribution in [2.75, 3.05) is 6.61 Å². The zero-order chi connectivity index (χ0) is 17.0. The number of aromatic nitrogens is 2. The van der Waals surface area contributed by atoms with Crippen LogP contribution in [-0.4, -0.2) is 22.1 Å². The van der Waals surface area contributed by atoms with E-state index in [1.165, 1.54) is 25.1 Å². The van der Waals surface area contributed by atoms with E-state index in [0.29, 0.717) is 0 Å². The van der Waals surface area contributed by atoms with Crippen LogP contribution in [0.5, 0.6) is 0 Å². The van der Waals surface area contributed by atoms with Crippen molar-refractivity contribution in [2.45, 2.75) is 19.1 Å². The molecule has 1 atom stereocenters. The molecule has 2 aromatic rings. The molecule has 2 rings (SSSR count). The zero-order valence-corrected chi connectivity index (χ0v) is 11.9. The zero-order valence-electron chi connectivity index (χ0n) is 11.9. The van der Waals surface area contributed by atoms with Crippen LogP contribution in [0.4, 0.5) is 19.0 Å². The average molecular weight is 327 g/mol. The Hall–Kier alpha value is -2.71. The lowest BCUT2D eigenvalue weighted by molar-refractivity contribution is -0.147. The van der Waals surface area contributed by atoms with Gasteiger partial charge in [-0.25, -0.2) is 9.78 Å². The van der Waals surface area contributed by atoms with Gasteiger partial charge in [0.05, 0.1) is 24.7 Å². The fourth-order valence-corrected chi connectivity index (χ4v) is 2.14. The molecule has 23 heavy (non-hydrogen) atoms. The van der Waals surface area contributed by atoms with Crippen LogP contribution in [0.15, 0.2) is 42.0 Å². The van der Waals surface area contributed by atoms with Crippen molar-refractivity contribution in [3.63, 3.8) is 0 Å². The summed E-state index contributed by atoms with van der Waals surface area (Å²) in [6.07, 6.45) is -2.50. The Kier molecular flexibility index (Phi) is 4.77. The average Bonchev–Trinajstić information content (AvgIpc) is 2.96. The molecular weight excluding hydrogens is 315 g/mol. The SMILES string of the molecule is CCOC(=O)C(c1ccccc1C(F)(F)F)n1cnc(N=O)c1. The summed E-state index contributed by atoms with van der Waals surface area (Å²) in [5.74, 6) is -1.14. The molecular formula is C14H12F3N3O3. The normalized spacial score (nSPS) is 12.7. The van der Waals surface area contributed by atoms with Crippen molar-refractivity contribution in [1.82, 2.24) is 9.55 Å². The molecule has 0 fully saturated rings. The minimum atomic E-state index is -4.65. The van der Waals surface area contributed by atoms with Crippen LogP contribution in [0, 0.1) is 4.91 Å². The van der Waals surface area contributed by atoms with Gasteiger partial charge in [-0.05, 0) is 23.7 Å². The lowest BCUT2D eigenvalue weighted by atomic mass is 9.99. The molecule has 6 nitrogen and oxygen atoms in total. The van der Waals surface area contributed by atoms with Gasteiger partial charge in [0.25, 0.3) is 0 Å². The van der Waals surface area contributed by atoms with Gasteiger partial charge in [-0.3, -0.25) is 0 Å². The summed E-state index contributed by atoms with van der Waals surface area (Å²) in [5.41, 5.74) is -1.26. The van der Waals surface area contributed by atoms with Crippen LogP contribution in [0.3, 0.4) is 0 Å². The van der Waals surface area contributed by atoms with E-state index in [0.717, 1.165) is 23.2 Å². The number of nitroso groups, excluding NO2 is 1. The third-order valence-corrected chi connectivity index (χ3v) is 3.05. The van der Waals surface area contributed by atoms with E-state index >= 15 is 0 Å². The third kappa shape index (κ3) is 3.55. The Labute approximate surface area is 128 Å². The number of carbonyl (C=O) groups excluding carboxylic acids is 1. The van der Waals surface area contributed by atoms with Crippen molar-refractivity contribution in [3.05, 3.63) is 52.8 Å². The molecule has 1 aromatic heterocycles. The minimum absolute atomic E-state index is 0.00297. The number of halogens is 3. The van der Waals surface area contributed by atoms with Gasteiger partial charge in [0.15, 0.2) is 6.04 Å². The van der Waals surface area contributed by atoms with Crippen molar-refractivity contribution in [1.29, 1.82) is 0 Å². The number of carbonyl (C=O) groups is 1. The highest BCUT2D eigenvalue weighted by Crippen LogP contribution is 2.36. The molecule has 9 heteroatoms. The first-order chi connectivity index (χ1) is 10.9. The number of esters is 1. The van der Waals surface area contributed by atoms with Gasteiger partial charge in [-0.1, -0.05) is 18.2 Å². The highest BCUT2D eigenvalue weighted by molar-refractivity contribution is 5.79. The Morgan fingerprint density at radius 1 is 1.39 bits per heavy atom. The first kappa shape index (κ1) is 16.7. The van der Waals surface area contributed by atoms with E-state index in [1.807, 2.05) is 0 Å². The number of ether oxygens (including phenoxy) is 1. The Bertz CT molecular complexity index is 713. The van der Waals surface area contributed by atoms with Crippen molar-refractivity contribution in [3.8, 4) is 0 Å². The van der Waals surface area contributed by atoms with Crippen LogP contribution in [0.25, 0.3) is 0 Å². The maximum Gasteiger partial charge on any atom is 0.416 e. The summed E-state index contributed by atoms with van der Waals surface area (Å²) in [6.45, 7) is 1.54. The molecule has 0 saturated heterocycles. The number of hydrogen-bond acceptors (Lipinski definition) is 5.